The van der Waals surface area contributed by atoms with E-state index in [-0.39, 0.29) is 0 Å². The zero-order chi connectivity index (χ0) is 12.5. The number of halogens is 1. The van der Waals surface area contributed by atoms with Crippen LogP contribution < -0.4 is 10.6 Å². The molecule has 0 spiro atoms. The van der Waals surface area contributed by atoms with Crippen LogP contribution in [0.4, 0.5) is 5.82 Å². The molecule has 1 aromatic heterocycles. The van der Waals surface area contributed by atoms with E-state index < -0.39 is 0 Å². The van der Waals surface area contributed by atoms with Crippen molar-refractivity contribution in [3.05, 3.63) is 22.8 Å². The van der Waals surface area contributed by atoms with Gasteiger partial charge in [0.25, 0.3) is 0 Å². The van der Waals surface area contributed by atoms with Gasteiger partial charge in [-0.1, -0.05) is 11.6 Å². The Kier molecular flexibility index (Phi) is 3.41. The molecule has 3 rings (SSSR count). The standard InChI is InChI=1S/C13H18ClN3O/c14-9-4-5-13(16-10(9)8-15)17-6-7-18-12-3-1-2-11(12)17/h4-5,11-12H,1-3,6-8,15H2. The fourth-order valence-corrected chi connectivity index (χ4v) is 3.17. The van der Waals surface area contributed by atoms with E-state index >= 15 is 0 Å². The zero-order valence-electron chi connectivity index (χ0n) is 10.3. The van der Waals surface area contributed by atoms with Crippen molar-refractivity contribution in [2.24, 2.45) is 5.73 Å². The molecule has 1 aliphatic heterocycles. The third-order valence-corrected chi connectivity index (χ3v) is 4.22. The molecule has 1 aromatic rings. The first kappa shape index (κ1) is 12.2. The lowest BCUT2D eigenvalue weighted by atomic mass is 10.1. The van der Waals surface area contributed by atoms with Crippen molar-refractivity contribution in [3.63, 3.8) is 0 Å². The Morgan fingerprint density at radius 2 is 2.33 bits per heavy atom. The summed E-state index contributed by atoms with van der Waals surface area (Å²) in [5.41, 5.74) is 6.44. The first-order chi connectivity index (χ1) is 8.79. The molecule has 1 aliphatic carbocycles. The molecule has 0 radical (unpaired) electrons. The zero-order valence-corrected chi connectivity index (χ0v) is 11.1. The third-order valence-electron chi connectivity index (χ3n) is 3.87. The molecule has 0 bridgehead atoms. The predicted octanol–water partition coefficient (Wildman–Crippen LogP) is 1.95. The molecule has 0 aromatic carbocycles. The minimum atomic E-state index is 0.373. The number of pyridine rings is 1. The lowest BCUT2D eigenvalue weighted by molar-refractivity contribution is 0.0253. The number of nitrogens with two attached hydrogens (primary N) is 1. The lowest BCUT2D eigenvalue weighted by Crippen LogP contribution is -2.49. The minimum Gasteiger partial charge on any atom is -0.374 e. The SMILES string of the molecule is NCc1nc(N2CCOC3CCCC32)ccc1Cl. The van der Waals surface area contributed by atoms with Crippen LogP contribution in [0.5, 0.6) is 0 Å². The lowest BCUT2D eigenvalue weighted by Gasteiger charge is -2.38. The minimum absolute atomic E-state index is 0.373. The first-order valence-corrected chi connectivity index (χ1v) is 6.91. The molecule has 1 saturated carbocycles. The second-order valence-corrected chi connectivity index (χ2v) is 5.31. The van der Waals surface area contributed by atoms with Gasteiger partial charge in [-0.2, -0.15) is 0 Å². The van der Waals surface area contributed by atoms with Crippen molar-refractivity contribution < 1.29 is 4.74 Å². The van der Waals surface area contributed by atoms with Crippen molar-refractivity contribution in [1.82, 2.24) is 4.98 Å². The number of ether oxygens (including phenoxy) is 1. The number of hydrogen-bond acceptors (Lipinski definition) is 4. The summed E-state index contributed by atoms with van der Waals surface area (Å²) in [6.45, 7) is 2.06. The number of hydrogen-bond donors (Lipinski definition) is 1. The van der Waals surface area contributed by atoms with E-state index in [1.165, 1.54) is 19.3 Å². The second kappa shape index (κ2) is 5.03. The van der Waals surface area contributed by atoms with E-state index in [0.29, 0.717) is 23.7 Å². The maximum atomic E-state index is 6.06. The number of aromatic nitrogens is 1. The highest BCUT2D eigenvalue weighted by atomic mass is 35.5. The van der Waals surface area contributed by atoms with E-state index in [1.807, 2.05) is 12.1 Å². The van der Waals surface area contributed by atoms with Gasteiger partial charge in [-0.15, -0.1) is 0 Å². The van der Waals surface area contributed by atoms with Gasteiger partial charge < -0.3 is 15.4 Å². The number of morpholine rings is 1. The third kappa shape index (κ3) is 2.09. The highest BCUT2D eigenvalue weighted by molar-refractivity contribution is 6.31. The molecule has 2 aliphatic rings. The van der Waals surface area contributed by atoms with Crippen LogP contribution in [0.15, 0.2) is 12.1 Å². The molecule has 98 valence electrons. The predicted molar refractivity (Wildman–Crippen MR) is 71.9 cm³/mol. The van der Waals surface area contributed by atoms with Crippen molar-refractivity contribution in [1.29, 1.82) is 0 Å². The summed E-state index contributed by atoms with van der Waals surface area (Å²) in [5.74, 6) is 0.986. The summed E-state index contributed by atoms with van der Waals surface area (Å²) in [7, 11) is 0. The summed E-state index contributed by atoms with van der Waals surface area (Å²) in [6.07, 6.45) is 3.96. The van der Waals surface area contributed by atoms with Crippen LogP contribution in [0.2, 0.25) is 5.02 Å². The van der Waals surface area contributed by atoms with Gasteiger partial charge in [-0.25, -0.2) is 4.98 Å². The van der Waals surface area contributed by atoms with Gasteiger partial charge in [0.05, 0.1) is 29.5 Å². The Balaban J connectivity index is 1.89. The van der Waals surface area contributed by atoms with E-state index in [4.69, 9.17) is 22.1 Å². The van der Waals surface area contributed by atoms with Crippen LogP contribution >= 0.6 is 11.6 Å². The highest BCUT2D eigenvalue weighted by Crippen LogP contribution is 2.32. The maximum absolute atomic E-state index is 6.06. The van der Waals surface area contributed by atoms with Crippen molar-refractivity contribution in [3.8, 4) is 0 Å². The molecule has 18 heavy (non-hydrogen) atoms. The number of nitrogens with zero attached hydrogens (tertiary/aromatic N) is 2. The normalized spacial score (nSPS) is 27.3. The van der Waals surface area contributed by atoms with Crippen LogP contribution in [-0.2, 0) is 11.3 Å². The molecule has 0 amide bonds. The van der Waals surface area contributed by atoms with Crippen LogP contribution in [-0.4, -0.2) is 30.3 Å². The van der Waals surface area contributed by atoms with E-state index in [2.05, 4.69) is 9.88 Å². The fourth-order valence-electron chi connectivity index (χ4n) is 2.99. The van der Waals surface area contributed by atoms with Crippen LogP contribution in [0, 0.1) is 0 Å². The summed E-state index contributed by atoms with van der Waals surface area (Å²) in [5, 5.41) is 0.650. The highest BCUT2D eigenvalue weighted by Gasteiger charge is 2.36. The van der Waals surface area contributed by atoms with E-state index in [9.17, 15) is 0 Å². The molecule has 2 fully saturated rings. The largest absolute Gasteiger partial charge is 0.374 e. The molecule has 2 heterocycles. The fraction of sp³-hybridized carbons (Fsp3) is 0.615. The van der Waals surface area contributed by atoms with Gasteiger partial charge in [-0.05, 0) is 31.4 Å². The van der Waals surface area contributed by atoms with Crippen molar-refractivity contribution in [2.45, 2.75) is 38.0 Å². The number of rotatable bonds is 2. The van der Waals surface area contributed by atoms with Crippen molar-refractivity contribution in [2.75, 3.05) is 18.1 Å². The molecular formula is C13H18ClN3O. The summed E-state index contributed by atoms with van der Waals surface area (Å²) in [4.78, 5) is 6.95. The average molecular weight is 268 g/mol. The van der Waals surface area contributed by atoms with E-state index in [1.54, 1.807) is 0 Å². The Hall–Kier alpha value is -0.840. The number of anilines is 1. The van der Waals surface area contributed by atoms with Crippen molar-refractivity contribution >= 4 is 17.4 Å². The Bertz CT molecular complexity index is 440. The molecule has 4 nitrogen and oxygen atoms in total. The summed E-state index contributed by atoms with van der Waals surface area (Å²) >= 11 is 6.06. The smallest absolute Gasteiger partial charge is 0.129 e. The molecular weight excluding hydrogens is 250 g/mol. The molecule has 2 N–H and O–H groups in total. The average Bonchev–Trinajstić information content (AvgIpc) is 2.87. The molecule has 2 atom stereocenters. The summed E-state index contributed by atoms with van der Waals surface area (Å²) < 4.78 is 5.81. The van der Waals surface area contributed by atoms with Gasteiger partial charge >= 0.3 is 0 Å². The molecule has 5 heteroatoms. The topological polar surface area (TPSA) is 51.4 Å². The summed E-state index contributed by atoms with van der Waals surface area (Å²) in [6, 6.07) is 4.35. The molecule has 1 saturated heterocycles. The van der Waals surface area contributed by atoms with Crippen LogP contribution in [0.1, 0.15) is 25.0 Å². The number of fused-ring (bicyclic) bond motifs is 1. The van der Waals surface area contributed by atoms with Gasteiger partial charge in [0.15, 0.2) is 0 Å². The van der Waals surface area contributed by atoms with Gasteiger partial charge in [0, 0.05) is 13.1 Å². The Morgan fingerprint density at radius 3 is 3.17 bits per heavy atom. The monoisotopic (exact) mass is 267 g/mol. The molecule has 2 unspecified atom stereocenters. The van der Waals surface area contributed by atoms with Crippen LogP contribution in [0.3, 0.4) is 0 Å². The Morgan fingerprint density at radius 1 is 1.44 bits per heavy atom. The quantitative estimate of drug-likeness (QED) is 0.890. The maximum Gasteiger partial charge on any atom is 0.129 e. The second-order valence-electron chi connectivity index (χ2n) is 4.90. The van der Waals surface area contributed by atoms with Gasteiger partial charge in [-0.3, -0.25) is 0 Å². The van der Waals surface area contributed by atoms with E-state index in [0.717, 1.165) is 24.7 Å². The Labute approximate surface area is 112 Å². The van der Waals surface area contributed by atoms with Gasteiger partial charge in [0.1, 0.15) is 5.82 Å². The first-order valence-electron chi connectivity index (χ1n) is 6.53. The van der Waals surface area contributed by atoms with Gasteiger partial charge in [0.2, 0.25) is 0 Å². The van der Waals surface area contributed by atoms with Crippen LogP contribution in [0.25, 0.3) is 0 Å².